The summed E-state index contributed by atoms with van der Waals surface area (Å²) in [5.41, 5.74) is 1.42. The Hall–Kier alpha value is -1.70. The quantitative estimate of drug-likeness (QED) is 0.841. The molecule has 150 valence electrons. The predicted molar refractivity (Wildman–Crippen MR) is 105 cm³/mol. The Bertz CT molecular complexity index is 636. The highest BCUT2D eigenvalue weighted by atomic mass is 16.5. The number of nitrogens with zero attached hydrogens (tertiary/aromatic N) is 3. The zero-order valence-electron chi connectivity index (χ0n) is 16.9. The number of morpholine rings is 1. The Labute approximate surface area is 162 Å². The Balaban J connectivity index is 1.66. The third-order valence-corrected chi connectivity index (χ3v) is 5.71. The van der Waals surface area contributed by atoms with Gasteiger partial charge in [-0.05, 0) is 52.9 Å². The van der Waals surface area contributed by atoms with Gasteiger partial charge in [-0.25, -0.2) is 0 Å². The van der Waals surface area contributed by atoms with Gasteiger partial charge in [0, 0.05) is 50.3 Å². The molecule has 0 aromatic carbocycles. The average Bonchev–Trinajstić information content (AvgIpc) is 2.66. The van der Waals surface area contributed by atoms with Crippen LogP contribution in [0, 0.1) is 0 Å². The van der Waals surface area contributed by atoms with Crippen LogP contribution in [0.5, 0.6) is 0 Å². The van der Waals surface area contributed by atoms with Crippen molar-refractivity contribution in [3.63, 3.8) is 0 Å². The Morgan fingerprint density at radius 2 is 1.96 bits per heavy atom. The molecule has 3 rings (SSSR count). The Morgan fingerprint density at radius 3 is 2.59 bits per heavy atom. The number of anilines is 1. The number of nitrogens with one attached hydrogen (secondary N) is 1. The third-order valence-electron chi connectivity index (χ3n) is 5.71. The van der Waals surface area contributed by atoms with E-state index in [9.17, 15) is 4.79 Å². The van der Waals surface area contributed by atoms with Gasteiger partial charge >= 0.3 is 0 Å². The van der Waals surface area contributed by atoms with Gasteiger partial charge in [-0.1, -0.05) is 0 Å². The summed E-state index contributed by atoms with van der Waals surface area (Å²) >= 11 is 0. The molecule has 1 amide bonds. The molecule has 0 radical (unpaired) electrons. The van der Waals surface area contributed by atoms with Crippen molar-refractivity contribution < 1.29 is 14.3 Å². The number of amides is 1. The minimum atomic E-state index is -0.126. The molecular formula is C20H32N4O3. The zero-order valence-corrected chi connectivity index (χ0v) is 16.9. The SMILES string of the molecule is C[C@@H]1CN(c2ccnc(C(=O)NCC3(N(C)C)CCOCC3)c2)C[C@H](C)O1. The molecule has 0 saturated carbocycles. The lowest BCUT2D eigenvalue weighted by Gasteiger charge is -2.42. The van der Waals surface area contributed by atoms with E-state index in [1.54, 1.807) is 6.20 Å². The van der Waals surface area contributed by atoms with Crippen LogP contribution in [-0.4, -0.2) is 80.5 Å². The van der Waals surface area contributed by atoms with Crippen molar-refractivity contribution in [2.45, 2.75) is 44.4 Å². The van der Waals surface area contributed by atoms with Crippen LogP contribution in [-0.2, 0) is 9.47 Å². The number of likely N-dealkylation sites (N-methyl/N-ethyl adjacent to an activating group) is 1. The molecule has 1 aromatic heterocycles. The van der Waals surface area contributed by atoms with Crippen LogP contribution < -0.4 is 10.2 Å². The smallest absolute Gasteiger partial charge is 0.270 e. The Morgan fingerprint density at radius 1 is 1.30 bits per heavy atom. The van der Waals surface area contributed by atoms with Crippen molar-refractivity contribution in [3.05, 3.63) is 24.0 Å². The minimum Gasteiger partial charge on any atom is -0.381 e. The van der Waals surface area contributed by atoms with Gasteiger partial charge in [-0.2, -0.15) is 0 Å². The van der Waals surface area contributed by atoms with Gasteiger partial charge in [-0.15, -0.1) is 0 Å². The van der Waals surface area contributed by atoms with Crippen LogP contribution in [0.3, 0.4) is 0 Å². The lowest BCUT2D eigenvalue weighted by atomic mass is 9.88. The summed E-state index contributed by atoms with van der Waals surface area (Å²) in [7, 11) is 4.13. The topological polar surface area (TPSA) is 66.9 Å². The van der Waals surface area contributed by atoms with E-state index in [0.717, 1.165) is 44.8 Å². The van der Waals surface area contributed by atoms with Crippen molar-refractivity contribution >= 4 is 11.6 Å². The molecule has 3 heterocycles. The average molecular weight is 377 g/mol. The van der Waals surface area contributed by atoms with Crippen molar-refractivity contribution in [1.82, 2.24) is 15.2 Å². The molecular weight excluding hydrogens is 344 g/mol. The summed E-state index contributed by atoms with van der Waals surface area (Å²) in [4.78, 5) is 21.5. The van der Waals surface area contributed by atoms with Crippen LogP contribution in [0.2, 0.25) is 0 Å². The van der Waals surface area contributed by atoms with Gasteiger partial charge < -0.3 is 24.6 Å². The summed E-state index contributed by atoms with van der Waals surface area (Å²) in [5.74, 6) is -0.126. The molecule has 0 spiro atoms. The number of ether oxygens (including phenoxy) is 2. The second-order valence-corrected chi connectivity index (χ2v) is 7.98. The normalized spacial score (nSPS) is 25.4. The van der Waals surface area contributed by atoms with Crippen LogP contribution in [0.4, 0.5) is 5.69 Å². The van der Waals surface area contributed by atoms with Crippen LogP contribution >= 0.6 is 0 Å². The highest BCUT2D eigenvalue weighted by Gasteiger charge is 2.35. The predicted octanol–water partition coefficient (Wildman–Crippen LogP) is 1.54. The van der Waals surface area contributed by atoms with Gasteiger partial charge in [0.1, 0.15) is 5.69 Å². The molecule has 0 aliphatic carbocycles. The molecule has 1 aromatic rings. The molecule has 0 bridgehead atoms. The number of pyridine rings is 1. The molecule has 2 fully saturated rings. The maximum atomic E-state index is 12.7. The zero-order chi connectivity index (χ0) is 19.4. The molecule has 27 heavy (non-hydrogen) atoms. The minimum absolute atomic E-state index is 0.0550. The summed E-state index contributed by atoms with van der Waals surface area (Å²) in [5, 5.41) is 3.10. The fourth-order valence-corrected chi connectivity index (χ4v) is 4.00. The van der Waals surface area contributed by atoms with E-state index in [0.29, 0.717) is 12.2 Å². The van der Waals surface area contributed by atoms with Crippen molar-refractivity contribution in [1.29, 1.82) is 0 Å². The van der Waals surface area contributed by atoms with E-state index >= 15 is 0 Å². The standard InChI is InChI=1S/C20H32N4O3/c1-15-12-24(13-16(2)27-15)17-5-8-21-18(11-17)19(25)22-14-20(23(3)4)6-9-26-10-7-20/h5,8,11,15-16H,6-7,9-10,12-14H2,1-4H3,(H,22,25)/t15-,16+. The number of carbonyl (C=O) groups excluding carboxylic acids is 1. The van der Waals surface area contributed by atoms with Crippen LogP contribution in [0.25, 0.3) is 0 Å². The van der Waals surface area contributed by atoms with E-state index in [1.165, 1.54) is 0 Å². The van der Waals surface area contributed by atoms with Crippen LogP contribution in [0.15, 0.2) is 18.3 Å². The maximum Gasteiger partial charge on any atom is 0.270 e. The monoisotopic (exact) mass is 376 g/mol. The molecule has 7 heteroatoms. The first-order chi connectivity index (χ1) is 12.9. The summed E-state index contributed by atoms with van der Waals surface area (Å²) in [6, 6.07) is 3.84. The number of carbonyl (C=O) groups is 1. The van der Waals surface area contributed by atoms with Gasteiger partial charge in [0.05, 0.1) is 12.2 Å². The van der Waals surface area contributed by atoms with E-state index in [4.69, 9.17) is 9.47 Å². The number of hydrogen-bond donors (Lipinski definition) is 1. The van der Waals surface area contributed by atoms with E-state index in [1.807, 2.05) is 12.1 Å². The summed E-state index contributed by atoms with van der Waals surface area (Å²) in [6.45, 7) is 7.85. The van der Waals surface area contributed by atoms with Crippen molar-refractivity contribution in [3.8, 4) is 0 Å². The van der Waals surface area contributed by atoms with Gasteiger partial charge in [0.2, 0.25) is 0 Å². The molecule has 2 aliphatic heterocycles. The molecule has 0 unspecified atom stereocenters. The summed E-state index contributed by atoms with van der Waals surface area (Å²) in [6.07, 6.45) is 3.89. The second-order valence-electron chi connectivity index (χ2n) is 7.98. The third kappa shape index (κ3) is 4.78. The largest absolute Gasteiger partial charge is 0.381 e. The molecule has 1 N–H and O–H groups in total. The second kappa shape index (κ2) is 8.54. The van der Waals surface area contributed by atoms with E-state index in [2.05, 4.69) is 48.0 Å². The molecule has 2 atom stereocenters. The lowest BCUT2D eigenvalue weighted by Crippen LogP contribution is -2.55. The van der Waals surface area contributed by atoms with E-state index in [-0.39, 0.29) is 23.7 Å². The highest BCUT2D eigenvalue weighted by molar-refractivity contribution is 5.93. The van der Waals surface area contributed by atoms with Gasteiger partial charge in [-0.3, -0.25) is 9.78 Å². The van der Waals surface area contributed by atoms with Gasteiger partial charge in [0.25, 0.3) is 5.91 Å². The first kappa shape index (κ1) is 20.0. The lowest BCUT2D eigenvalue weighted by molar-refractivity contribution is -0.00663. The van der Waals surface area contributed by atoms with Crippen LogP contribution in [0.1, 0.15) is 37.2 Å². The first-order valence-electron chi connectivity index (χ1n) is 9.79. The van der Waals surface area contributed by atoms with E-state index < -0.39 is 0 Å². The number of aromatic nitrogens is 1. The summed E-state index contributed by atoms with van der Waals surface area (Å²) < 4.78 is 11.3. The maximum absolute atomic E-state index is 12.7. The number of rotatable bonds is 5. The van der Waals surface area contributed by atoms with Gasteiger partial charge in [0.15, 0.2) is 0 Å². The van der Waals surface area contributed by atoms with Crippen molar-refractivity contribution in [2.75, 3.05) is 51.8 Å². The number of hydrogen-bond acceptors (Lipinski definition) is 6. The fraction of sp³-hybridized carbons (Fsp3) is 0.700. The molecule has 7 nitrogen and oxygen atoms in total. The molecule has 2 aliphatic rings. The fourth-order valence-electron chi connectivity index (χ4n) is 4.00. The first-order valence-corrected chi connectivity index (χ1v) is 9.79. The molecule has 2 saturated heterocycles. The Kier molecular flexibility index (Phi) is 6.34. The van der Waals surface area contributed by atoms with Crippen molar-refractivity contribution in [2.24, 2.45) is 0 Å². The highest BCUT2D eigenvalue weighted by Crippen LogP contribution is 2.25.